The zero-order valence-electron chi connectivity index (χ0n) is 38.3. The molecular weight excluding hydrogens is 765 g/mol. The van der Waals surface area contributed by atoms with Crippen LogP contribution in [0.15, 0.2) is 71.8 Å². The molecule has 0 aliphatic carbocycles. The summed E-state index contributed by atoms with van der Waals surface area (Å²) in [6.07, 6.45) is 1.09. The fourth-order valence-electron chi connectivity index (χ4n) is 12.6. The highest BCUT2D eigenvalue weighted by Gasteiger charge is 2.55. The molecule has 0 amide bonds. The summed E-state index contributed by atoms with van der Waals surface area (Å²) < 4.78 is 6.89. The molecule has 54 heavy (non-hydrogen) atoms. The van der Waals surface area contributed by atoms with E-state index in [4.69, 9.17) is 4.74 Å². The molecular formula is C46H77OSi7. The van der Waals surface area contributed by atoms with E-state index in [1.807, 2.05) is 16.3 Å². The van der Waals surface area contributed by atoms with Gasteiger partial charge in [0.25, 0.3) is 0 Å². The summed E-state index contributed by atoms with van der Waals surface area (Å²) in [6, 6.07) is 25.6. The number of hydrogen-bond acceptors (Lipinski definition) is 1. The zero-order valence-corrected chi connectivity index (χ0v) is 45.3. The molecule has 0 unspecified atom stereocenters. The Kier molecular flexibility index (Phi) is 11.8. The van der Waals surface area contributed by atoms with Crippen LogP contribution in [0.25, 0.3) is 0 Å². The fourth-order valence-corrected chi connectivity index (χ4v) is 55.7. The van der Waals surface area contributed by atoms with E-state index < -0.39 is 57.2 Å². The van der Waals surface area contributed by atoms with Crippen LogP contribution in [-0.2, 0) is 5.04 Å². The summed E-state index contributed by atoms with van der Waals surface area (Å²) in [5.74, 6) is 2.17. The highest BCUT2D eigenvalue weighted by atomic mass is 28.4. The van der Waals surface area contributed by atoms with Crippen molar-refractivity contribution in [1.29, 1.82) is 0 Å². The molecule has 0 aromatic heterocycles. The predicted molar refractivity (Wildman–Crippen MR) is 262 cm³/mol. The number of benzene rings is 3. The van der Waals surface area contributed by atoms with Gasteiger partial charge in [-0.3, -0.25) is 0 Å². The second-order valence-corrected chi connectivity index (χ2v) is 60.2. The van der Waals surface area contributed by atoms with Crippen LogP contribution < -0.4 is 9.92 Å². The average Bonchev–Trinajstić information content (AvgIpc) is 2.95. The molecule has 0 bridgehead atoms. The van der Waals surface area contributed by atoms with Crippen LogP contribution in [0.2, 0.25) is 124 Å². The molecule has 0 N–H and O–H groups in total. The fraction of sp³-hybridized carbons (Fsp3) is 0.565. The molecule has 295 valence electrons. The molecule has 2 heterocycles. The van der Waals surface area contributed by atoms with Gasteiger partial charge in [0.1, 0.15) is 20.3 Å². The van der Waals surface area contributed by atoms with E-state index in [9.17, 15) is 0 Å². The first kappa shape index (κ1) is 43.8. The topological polar surface area (TPSA) is 9.23 Å². The summed E-state index contributed by atoms with van der Waals surface area (Å²) in [5, 5.41) is 3.86. The Bertz CT molecular complexity index is 1760. The molecule has 0 atom stereocenters. The third-order valence-corrected chi connectivity index (χ3v) is 44.5. The molecule has 8 heteroatoms. The van der Waals surface area contributed by atoms with Gasteiger partial charge >= 0.3 is 0 Å². The third-order valence-electron chi connectivity index (χ3n) is 12.8. The van der Waals surface area contributed by atoms with Crippen molar-refractivity contribution < 1.29 is 4.74 Å². The summed E-state index contributed by atoms with van der Waals surface area (Å²) in [7, 11) is -11.3. The maximum atomic E-state index is 6.89. The highest BCUT2D eigenvalue weighted by Crippen LogP contribution is 2.56. The van der Waals surface area contributed by atoms with Gasteiger partial charge in [-0.15, -0.1) is 0 Å². The van der Waals surface area contributed by atoms with Crippen LogP contribution in [0.5, 0.6) is 11.5 Å². The lowest BCUT2D eigenvalue weighted by atomic mass is 9.81. The van der Waals surface area contributed by atoms with Crippen LogP contribution in [0.4, 0.5) is 0 Å². The Morgan fingerprint density at radius 3 is 1.20 bits per heavy atom. The highest BCUT2D eigenvalue weighted by molar-refractivity contribution is 6.98. The lowest BCUT2D eigenvalue weighted by Crippen LogP contribution is -2.61. The number of hydrogen-bond donors (Lipinski definition) is 0. The Labute approximate surface area is 340 Å². The van der Waals surface area contributed by atoms with E-state index in [1.165, 1.54) is 17.2 Å². The summed E-state index contributed by atoms with van der Waals surface area (Å²) in [6.45, 7) is 53.7. The molecule has 5 rings (SSSR count). The molecule has 0 saturated carbocycles. The largest absolute Gasteiger partial charge is 0.457 e. The van der Waals surface area contributed by atoms with Gasteiger partial charge in [0.05, 0.1) is 0 Å². The number of rotatable bonds is 10. The van der Waals surface area contributed by atoms with Gasteiger partial charge in [-0.1, -0.05) is 194 Å². The van der Waals surface area contributed by atoms with Crippen LogP contribution >= 0.6 is 0 Å². The molecule has 2 aliphatic heterocycles. The van der Waals surface area contributed by atoms with Gasteiger partial charge in [0.15, 0.2) is 0 Å². The maximum Gasteiger partial charge on any atom is 0.131 e. The molecule has 3 aromatic rings. The quantitative estimate of drug-likeness (QED) is 0.146. The maximum absolute atomic E-state index is 6.89. The first-order valence-electron chi connectivity index (χ1n) is 21.0. The zero-order chi connectivity index (χ0) is 40.8. The Balaban J connectivity index is 2.13. The van der Waals surface area contributed by atoms with Crippen molar-refractivity contribution in [3.05, 3.63) is 99.6 Å². The van der Waals surface area contributed by atoms with Crippen molar-refractivity contribution in [1.82, 2.24) is 0 Å². The summed E-state index contributed by atoms with van der Waals surface area (Å²) in [5.41, 5.74) is 11.6. The predicted octanol–water partition coefficient (Wildman–Crippen LogP) is 14.3. The van der Waals surface area contributed by atoms with E-state index in [1.54, 1.807) is 16.7 Å². The van der Waals surface area contributed by atoms with Crippen LogP contribution in [-0.4, -0.2) is 57.2 Å². The SMILES string of the molecule is CC1=C(C)CC2(c3ccccc3Oc3ccccc32)[Si](c2c(C([Si](C)(C)C)[Si](C)(C)C)cc(C([Si](C)(C)C)[Si](C)(C)C)cc2C([Si](C)(C)C)[Si](C)(C)C)C1. The van der Waals surface area contributed by atoms with Crippen molar-refractivity contribution >= 4 is 62.4 Å². The first-order valence-corrected chi connectivity index (χ1v) is 44.2. The van der Waals surface area contributed by atoms with Gasteiger partial charge in [-0.05, 0) is 59.5 Å². The van der Waals surface area contributed by atoms with Gasteiger partial charge < -0.3 is 4.74 Å². The first-order chi connectivity index (χ1) is 24.4. The second kappa shape index (κ2) is 14.5. The Morgan fingerprint density at radius 1 is 0.500 bits per heavy atom. The van der Waals surface area contributed by atoms with E-state index in [0.29, 0.717) is 10.3 Å². The third kappa shape index (κ3) is 8.19. The molecule has 1 spiro atoms. The number of ether oxygens (including phenoxy) is 1. The normalized spacial score (nSPS) is 17.4. The van der Waals surface area contributed by atoms with E-state index in [0.717, 1.165) is 23.1 Å². The van der Waals surface area contributed by atoms with Gasteiger partial charge in [-0.2, -0.15) is 0 Å². The average molecular weight is 843 g/mol. The molecule has 1 radical (unpaired) electrons. The number of para-hydroxylation sites is 2. The lowest BCUT2D eigenvalue weighted by molar-refractivity contribution is 0.429. The molecule has 3 aromatic carbocycles. The van der Waals surface area contributed by atoms with Crippen LogP contribution in [0.1, 0.15) is 63.6 Å². The molecule has 0 fully saturated rings. The minimum Gasteiger partial charge on any atom is -0.457 e. The standard InChI is InChI=1S/C46H77OSi7/c1-33-31-46(38-25-21-23-27-40(38)47-41-28-24-22-26-39(41)46)48(32-34(33)2)42-36(44(51(9,10)11)52(12,13)14)29-35(43(49(3,4)5)50(6,7)8)30-37(42)45(53(15,16)17)54(18,19)20/h21-30,43-45H,31-32H2,1-20H3. The van der Waals surface area contributed by atoms with Crippen LogP contribution in [0.3, 0.4) is 0 Å². The Hall–Kier alpha value is -1.28. The van der Waals surface area contributed by atoms with Crippen molar-refractivity contribution in [2.75, 3.05) is 0 Å². The van der Waals surface area contributed by atoms with E-state index >= 15 is 0 Å². The minimum absolute atomic E-state index is 0.103. The molecule has 2 aliphatic rings. The smallest absolute Gasteiger partial charge is 0.131 e. The van der Waals surface area contributed by atoms with Gasteiger partial charge in [0.2, 0.25) is 0 Å². The summed E-state index contributed by atoms with van der Waals surface area (Å²) >= 11 is 0. The lowest BCUT2D eigenvalue weighted by Gasteiger charge is -2.52. The minimum atomic E-state index is -1.71. The number of fused-ring (bicyclic) bond motifs is 4. The van der Waals surface area contributed by atoms with E-state index in [2.05, 4.69) is 192 Å². The van der Waals surface area contributed by atoms with Crippen molar-refractivity contribution in [2.24, 2.45) is 0 Å². The van der Waals surface area contributed by atoms with Gasteiger partial charge in [-0.25, -0.2) is 0 Å². The summed E-state index contributed by atoms with van der Waals surface area (Å²) in [4.78, 5) is 0. The van der Waals surface area contributed by atoms with Crippen LogP contribution in [0, 0.1) is 0 Å². The second-order valence-electron chi connectivity index (χ2n) is 24.0. The van der Waals surface area contributed by atoms with Gasteiger partial charge in [0, 0.05) is 64.6 Å². The monoisotopic (exact) mass is 841 g/mol. The van der Waals surface area contributed by atoms with E-state index in [-0.39, 0.29) is 5.04 Å². The molecule has 0 saturated heterocycles. The number of allylic oxidation sites excluding steroid dienone is 2. The van der Waals surface area contributed by atoms with Crippen molar-refractivity contribution in [3.63, 3.8) is 0 Å². The van der Waals surface area contributed by atoms with Crippen molar-refractivity contribution in [3.8, 4) is 11.5 Å². The van der Waals surface area contributed by atoms with Crippen molar-refractivity contribution in [2.45, 2.75) is 165 Å². The Morgan fingerprint density at radius 2 is 0.852 bits per heavy atom. The molecule has 1 nitrogen and oxygen atoms in total.